The lowest BCUT2D eigenvalue weighted by Crippen LogP contribution is -2.39. The molecule has 2 aliphatic heterocycles. The highest BCUT2D eigenvalue weighted by Gasteiger charge is 2.38. The van der Waals surface area contributed by atoms with Crippen molar-refractivity contribution in [2.24, 2.45) is 4.99 Å². The van der Waals surface area contributed by atoms with Crippen LogP contribution in [0.1, 0.15) is 39.0 Å². The monoisotopic (exact) mass is 479 g/mol. The number of carbonyl (C=O) groups is 2. The van der Waals surface area contributed by atoms with E-state index in [2.05, 4.69) is 4.98 Å². The number of rotatable bonds is 3. The summed E-state index contributed by atoms with van der Waals surface area (Å²) < 4.78 is 1.29. The van der Waals surface area contributed by atoms with Crippen LogP contribution < -0.4 is 16.2 Å². The maximum Gasteiger partial charge on any atom is 0.335 e. The number of nitrogens with two attached hydrogens (primary N) is 1. The number of nitrogens with zero attached hydrogens (tertiary/aromatic N) is 4. The molecule has 9 nitrogen and oxygen atoms in total. The molecule has 0 saturated heterocycles. The normalized spacial score (nSPS) is 16.6. The number of aromatic nitrogens is 2. The highest BCUT2D eigenvalue weighted by molar-refractivity contribution is 6.21. The zero-order valence-corrected chi connectivity index (χ0v) is 19.3. The summed E-state index contributed by atoms with van der Waals surface area (Å²) >= 11 is 0. The number of aromatic carboxylic acids is 1. The van der Waals surface area contributed by atoms with Crippen LogP contribution >= 0.6 is 0 Å². The van der Waals surface area contributed by atoms with Crippen LogP contribution in [0.5, 0.6) is 0 Å². The van der Waals surface area contributed by atoms with Crippen molar-refractivity contribution in [2.75, 3.05) is 17.2 Å². The number of aryl methyl sites for hydroxylation is 1. The van der Waals surface area contributed by atoms with E-state index in [4.69, 9.17) is 10.7 Å². The highest BCUT2D eigenvalue weighted by Crippen LogP contribution is 2.39. The van der Waals surface area contributed by atoms with Crippen molar-refractivity contribution < 1.29 is 14.7 Å². The van der Waals surface area contributed by atoms with Gasteiger partial charge in [0, 0.05) is 23.4 Å². The van der Waals surface area contributed by atoms with Crippen LogP contribution in [0.4, 0.5) is 11.4 Å². The van der Waals surface area contributed by atoms with Crippen molar-refractivity contribution in [1.29, 1.82) is 0 Å². The zero-order valence-electron chi connectivity index (χ0n) is 19.3. The average molecular weight is 479 g/mol. The first-order valence-electron chi connectivity index (χ1n) is 11.5. The largest absolute Gasteiger partial charge is 0.478 e. The van der Waals surface area contributed by atoms with Gasteiger partial charge in [0.25, 0.3) is 11.5 Å². The maximum absolute atomic E-state index is 13.9. The molecule has 1 amide bonds. The molecule has 1 unspecified atom stereocenters. The highest BCUT2D eigenvalue weighted by atomic mass is 16.4. The first-order chi connectivity index (χ1) is 17.3. The fourth-order valence-electron chi connectivity index (χ4n) is 5.09. The number of amides is 1. The summed E-state index contributed by atoms with van der Waals surface area (Å²) in [6.07, 6.45) is -0.543. The van der Waals surface area contributed by atoms with E-state index < -0.39 is 17.7 Å². The van der Waals surface area contributed by atoms with E-state index in [-0.39, 0.29) is 28.2 Å². The number of aliphatic imine (C=N–C) groups is 1. The van der Waals surface area contributed by atoms with Crippen LogP contribution in [0.3, 0.4) is 0 Å². The molecule has 0 aliphatic carbocycles. The summed E-state index contributed by atoms with van der Waals surface area (Å²) in [7, 11) is 0. The fourth-order valence-corrected chi connectivity index (χ4v) is 5.09. The minimum absolute atomic E-state index is 0.0270. The van der Waals surface area contributed by atoms with Gasteiger partial charge in [0.05, 0.1) is 27.9 Å². The van der Waals surface area contributed by atoms with Gasteiger partial charge in [-0.1, -0.05) is 30.3 Å². The van der Waals surface area contributed by atoms with Crippen molar-refractivity contribution in [3.05, 3.63) is 99.1 Å². The van der Waals surface area contributed by atoms with E-state index in [1.54, 1.807) is 11.8 Å². The second kappa shape index (κ2) is 7.88. The van der Waals surface area contributed by atoms with Crippen molar-refractivity contribution in [3.63, 3.8) is 0 Å². The number of hydrogen-bond acceptors (Lipinski definition) is 6. The Balaban J connectivity index is 1.63. The second-order valence-electron chi connectivity index (χ2n) is 8.90. The number of carboxylic acids is 1. The Kier molecular flexibility index (Phi) is 4.75. The Morgan fingerprint density at radius 1 is 1.08 bits per heavy atom. The lowest BCUT2D eigenvalue weighted by atomic mass is 9.97. The molecule has 4 aromatic rings. The number of fused-ring (bicyclic) bond motifs is 1. The molecule has 0 spiro atoms. The van der Waals surface area contributed by atoms with Crippen molar-refractivity contribution >= 4 is 39.9 Å². The molecule has 1 atom stereocenters. The third-order valence-corrected chi connectivity index (χ3v) is 6.70. The van der Waals surface area contributed by atoms with E-state index in [0.717, 1.165) is 22.4 Å². The average Bonchev–Trinajstić information content (AvgIpc) is 3.24. The predicted octanol–water partition coefficient (Wildman–Crippen LogP) is 2.92. The third kappa shape index (κ3) is 3.20. The van der Waals surface area contributed by atoms with Crippen LogP contribution in [0.15, 0.2) is 70.5 Å². The smallest absolute Gasteiger partial charge is 0.335 e. The minimum Gasteiger partial charge on any atom is -0.478 e. The second-order valence-corrected chi connectivity index (χ2v) is 8.90. The molecular formula is C27H21N5O4. The van der Waals surface area contributed by atoms with Gasteiger partial charge in [-0.3, -0.25) is 14.2 Å². The molecule has 0 bridgehead atoms. The minimum atomic E-state index is -1.19. The molecule has 0 radical (unpaired) electrons. The Morgan fingerprint density at radius 3 is 2.61 bits per heavy atom. The van der Waals surface area contributed by atoms with Crippen LogP contribution in [-0.4, -0.2) is 38.8 Å². The van der Waals surface area contributed by atoms with Gasteiger partial charge in [-0.05, 0) is 49.2 Å². The maximum atomic E-state index is 13.9. The number of nitrogen functional groups attached to an aromatic ring is 1. The first-order valence-corrected chi connectivity index (χ1v) is 11.5. The molecule has 1 aromatic heterocycles. The Hall–Kier alpha value is -4.79. The third-order valence-electron chi connectivity index (χ3n) is 6.70. The molecule has 178 valence electrons. The topological polar surface area (TPSA) is 131 Å². The standard InChI is InChI=1S/C27H21N5O4/c1-14-29-21-12-17(27(35)36)7-8-19(21)25(33)32(14)24-26(34)31-10-9-16-11-18(28)13-20(23(16)31)22(30-24)15-5-3-2-4-6-15/h2-8,11-13,24H,9-10,28H2,1H3,(H,35,36). The van der Waals surface area contributed by atoms with Crippen LogP contribution in [0, 0.1) is 6.92 Å². The molecule has 0 fully saturated rings. The lowest BCUT2D eigenvalue weighted by Gasteiger charge is -2.23. The molecular weight excluding hydrogens is 458 g/mol. The Labute approximate surface area is 205 Å². The Morgan fingerprint density at radius 2 is 1.86 bits per heavy atom. The summed E-state index contributed by atoms with van der Waals surface area (Å²) in [5, 5.41) is 9.53. The van der Waals surface area contributed by atoms with Crippen molar-refractivity contribution in [2.45, 2.75) is 19.5 Å². The zero-order chi connectivity index (χ0) is 25.1. The first kappa shape index (κ1) is 21.7. The predicted molar refractivity (Wildman–Crippen MR) is 136 cm³/mol. The van der Waals surface area contributed by atoms with Crippen molar-refractivity contribution in [1.82, 2.24) is 9.55 Å². The molecule has 3 N–H and O–H groups in total. The van der Waals surface area contributed by atoms with Crippen molar-refractivity contribution in [3.8, 4) is 0 Å². The Bertz CT molecular complexity index is 1690. The number of hydrogen-bond donors (Lipinski definition) is 2. The van der Waals surface area contributed by atoms with E-state index in [9.17, 15) is 19.5 Å². The lowest BCUT2D eigenvalue weighted by molar-refractivity contribution is -0.121. The number of anilines is 2. The molecule has 3 heterocycles. The molecule has 2 aliphatic rings. The van der Waals surface area contributed by atoms with Gasteiger partial charge in [0.1, 0.15) is 5.82 Å². The van der Waals surface area contributed by atoms with E-state index in [1.807, 2.05) is 42.5 Å². The SMILES string of the molecule is Cc1nc2cc(C(=O)O)ccc2c(=O)n1C1N=C(c2ccccc2)c2cc(N)cc3c2N(CC3)C1=O. The van der Waals surface area contributed by atoms with Gasteiger partial charge >= 0.3 is 5.97 Å². The van der Waals surface area contributed by atoms with Gasteiger partial charge in [-0.25, -0.2) is 14.8 Å². The van der Waals surface area contributed by atoms with E-state index in [0.29, 0.717) is 24.4 Å². The molecule has 6 rings (SSSR count). The summed E-state index contributed by atoms with van der Waals surface area (Å²) in [6.45, 7) is 2.07. The molecule has 3 aromatic carbocycles. The van der Waals surface area contributed by atoms with Gasteiger partial charge in [-0.15, -0.1) is 0 Å². The quantitative estimate of drug-likeness (QED) is 0.435. The van der Waals surface area contributed by atoms with Gasteiger partial charge in [0.15, 0.2) is 0 Å². The van der Waals surface area contributed by atoms with Gasteiger partial charge < -0.3 is 15.7 Å². The molecule has 9 heteroatoms. The van der Waals surface area contributed by atoms with Crippen LogP contribution in [-0.2, 0) is 11.2 Å². The fraction of sp³-hybridized carbons (Fsp3) is 0.148. The summed E-state index contributed by atoms with van der Waals surface area (Å²) in [5.74, 6) is -1.19. The summed E-state index contributed by atoms with van der Waals surface area (Å²) in [5.41, 5.74) is 10.5. The molecule has 0 saturated carbocycles. The number of carboxylic acid groups (broad SMARTS) is 1. The van der Waals surface area contributed by atoms with E-state index >= 15 is 0 Å². The number of benzene rings is 3. The molecule has 36 heavy (non-hydrogen) atoms. The van der Waals surface area contributed by atoms with Crippen LogP contribution in [0.2, 0.25) is 0 Å². The van der Waals surface area contributed by atoms with Gasteiger partial charge in [0.2, 0.25) is 6.17 Å². The van der Waals surface area contributed by atoms with Gasteiger partial charge in [-0.2, -0.15) is 0 Å². The summed E-state index contributed by atoms with van der Waals surface area (Å²) in [4.78, 5) is 50.1. The summed E-state index contributed by atoms with van der Waals surface area (Å²) in [6, 6.07) is 17.3. The van der Waals surface area contributed by atoms with Crippen LogP contribution in [0.25, 0.3) is 10.9 Å². The van der Waals surface area contributed by atoms with E-state index in [1.165, 1.54) is 22.8 Å². The number of carbonyl (C=O) groups excluding carboxylic acids is 1.